The summed E-state index contributed by atoms with van der Waals surface area (Å²) in [6.07, 6.45) is 1.10. The second-order valence-corrected chi connectivity index (χ2v) is 3.99. The summed E-state index contributed by atoms with van der Waals surface area (Å²) in [4.78, 5) is 0. The van der Waals surface area contributed by atoms with Gasteiger partial charge in [0.1, 0.15) is 5.75 Å². The second-order valence-electron chi connectivity index (χ2n) is 3.55. The molecule has 82 valence electrons. The third-order valence-corrected chi connectivity index (χ3v) is 2.62. The molecule has 2 rings (SSSR count). The van der Waals surface area contributed by atoms with Gasteiger partial charge in [0, 0.05) is 10.6 Å². The van der Waals surface area contributed by atoms with Crippen LogP contribution in [0.15, 0.2) is 18.2 Å². The molecule has 0 amide bonds. The first-order valence-corrected chi connectivity index (χ1v) is 4.86. The Balaban J connectivity index is 2.36. The normalized spacial score (nSPS) is 17.9. The molecule has 1 aliphatic carbocycles. The van der Waals surface area contributed by atoms with Crippen LogP contribution in [0.5, 0.6) is 5.75 Å². The van der Waals surface area contributed by atoms with E-state index in [2.05, 4.69) is 4.74 Å². The van der Waals surface area contributed by atoms with Crippen molar-refractivity contribution >= 4 is 11.6 Å². The molecule has 0 unspecified atom stereocenters. The summed E-state index contributed by atoms with van der Waals surface area (Å²) in [5, 5.41) is 10.2. The average Bonchev–Trinajstić information content (AvgIpc) is 2.87. The van der Waals surface area contributed by atoms with E-state index in [4.69, 9.17) is 11.6 Å². The van der Waals surface area contributed by atoms with Gasteiger partial charge in [-0.2, -0.15) is 8.78 Å². The smallest absolute Gasteiger partial charge is 0.387 e. The molecule has 15 heavy (non-hydrogen) atoms. The molecule has 0 radical (unpaired) electrons. The van der Waals surface area contributed by atoms with Crippen molar-refractivity contribution in [3.05, 3.63) is 28.8 Å². The molecule has 1 aromatic rings. The van der Waals surface area contributed by atoms with Crippen molar-refractivity contribution in [1.82, 2.24) is 0 Å². The number of rotatable bonds is 3. The SMILES string of the molecule is OC1(c2cc(Cl)ccc2OC(F)F)CC1. The Morgan fingerprint density at radius 3 is 2.60 bits per heavy atom. The monoisotopic (exact) mass is 234 g/mol. The largest absolute Gasteiger partial charge is 0.434 e. The van der Waals surface area contributed by atoms with Crippen LogP contribution in [-0.4, -0.2) is 11.7 Å². The van der Waals surface area contributed by atoms with Crippen molar-refractivity contribution in [1.29, 1.82) is 0 Å². The summed E-state index contributed by atoms with van der Waals surface area (Å²) in [5.74, 6) is -0.00519. The molecule has 0 bridgehead atoms. The Labute approximate surface area is 90.4 Å². The maximum atomic E-state index is 12.1. The molecule has 5 heteroatoms. The second kappa shape index (κ2) is 3.61. The predicted molar refractivity (Wildman–Crippen MR) is 51.2 cm³/mol. The highest BCUT2D eigenvalue weighted by Gasteiger charge is 2.44. The van der Waals surface area contributed by atoms with Crippen molar-refractivity contribution in [2.45, 2.75) is 25.1 Å². The number of benzene rings is 1. The first kappa shape index (κ1) is 10.6. The summed E-state index contributed by atoms with van der Waals surface area (Å²) in [6.45, 7) is -2.90. The molecular formula is C10H9ClF2O2. The van der Waals surface area contributed by atoms with Crippen LogP contribution in [0, 0.1) is 0 Å². The molecule has 1 aliphatic rings. The van der Waals surface area contributed by atoms with Crippen LogP contribution >= 0.6 is 11.6 Å². The Morgan fingerprint density at radius 2 is 2.07 bits per heavy atom. The van der Waals surface area contributed by atoms with Crippen molar-refractivity contribution in [2.75, 3.05) is 0 Å². The maximum Gasteiger partial charge on any atom is 0.387 e. The van der Waals surface area contributed by atoms with E-state index in [1.54, 1.807) is 0 Å². The lowest BCUT2D eigenvalue weighted by Gasteiger charge is -2.14. The lowest BCUT2D eigenvalue weighted by Crippen LogP contribution is -2.10. The summed E-state index contributed by atoms with van der Waals surface area (Å²) >= 11 is 5.73. The fourth-order valence-electron chi connectivity index (χ4n) is 1.45. The first-order valence-electron chi connectivity index (χ1n) is 4.48. The minimum atomic E-state index is -2.90. The molecule has 0 spiro atoms. The number of hydrogen-bond acceptors (Lipinski definition) is 2. The van der Waals surface area contributed by atoms with Crippen LogP contribution in [0.3, 0.4) is 0 Å². The summed E-state index contributed by atoms with van der Waals surface area (Å²) in [7, 11) is 0. The highest BCUT2D eigenvalue weighted by Crippen LogP contribution is 2.49. The number of alkyl halides is 2. The van der Waals surface area contributed by atoms with E-state index in [1.807, 2.05) is 0 Å². The molecule has 0 saturated heterocycles. The lowest BCUT2D eigenvalue weighted by molar-refractivity contribution is -0.0519. The Bertz CT molecular complexity index is 378. The average molecular weight is 235 g/mol. The third-order valence-electron chi connectivity index (χ3n) is 2.38. The van der Waals surface area contributed by atoms with Crippen molar-refractivity contribution in [3.63, 3.8) is 0 Å². The number of hydrogen-bond donors (Lipinski definition) is 1. The number of aliphatic hydroxyl groups is 1. The number of halogens is 3. The van der Waals surface area contributed by atoms with Gasteiger partial charge in [-0.25, -0.2) is 0 Å². The van der Waals surface area contributed by atoms with Crippen LogP contribution < -0.4 is 4.74 Å². The standard InChI is InChI=1S/C10H9ClF2O2/c11-6-1-2-8(15-9(12)13)7(5-6)10(14)3-4-10/h1-2,5,9,14H,3-4H2. The van der Waals surface area contributed by atoms with Crippen molar-refractivity contribution < 1.29 is 18.6 Å². The zero-order valence-electron chi connectivity index (χ0n) is 7.71. The van der Waals surface area contributed by atoms with Gasteiger partial charge in [-0.1, -0.05) is 11.6 Å². The first-order chi connectivity index (χ1) is 7.01. The van der Waals surface area contributed by atoms with E-state index < -0.39 is 12.2 Å². The minimum absolute atomic E-state index is 0.00519. The van der Waals surface area contributed by atoms with Crippen LogP contribution in [0.4, 0.5) is 8.78 Å². The van der Waals surface area contributed by atoms with Gasteiger partial charge in [0.05, 0.1) is 5.60 Å². The maximum absolute atomic E-state index is 12.1. The van der Waals surface area contributed by atoms with Crippen LogP contribution in [0.2, 0.25) is 5.02 Å². The van der Waals surface area contributed by atoms with Gasteiger partial charge in [-0.3, -0.25) is 0 Å². The van der Waals surface area contributed by atoms with Crippen LogP contribution in [0.1, 0.15) is 18.4 Å². The van der Waals surface area contributed by atoms with Gasteiger partial charge in [0.15, 0.2) is 0 Å². The van der Waals surface area contributed by atoms with E-state index in [-0.39, 0.29) is 5.75 Å². The van der Waals surface area contributed by atoms with Crippen LogP contribution in [0.25, 0.3) is 0 Å². The van der Waals surface area contributed by atoms with Gasteiger partial charge in [-0.15, -0.1) is 0 Å². The van der Waals surface area contributed by atoms with Crippen LogP contribution in [-0.2, 0) is 5.60 Å². The molecular weight excluding hydrogens is 226 g/mol. The Kier molecular flexibility index (Phi) is 2.56. The fourth-order valence-corrected chi connectivity index (χ4v) is 1.62. The molecule has 1 N–H and O–H groups in total. The van der Waals surface area contributed by atoms with Gasteiger partial charge in [0.25, 0.3) is 0 Å². The quantitative estimate of drug-likeness (QED) is 0.871. The third kappa shape index (κ3) is 2.21. The molecule has 1 aromatic carbocycles. The number of ether oxygens (including phenoxy) is 1. The highest BCUT2D eigenvalue weighted by molar-refractivity contribution is 6.30. The van der Waals surface area contributed by atoms with E-state index in [1.165, 1.54) is 18.2 Å². The Hall–Kier alpha value is -0.870. The lowest BCUT2D eigenvalue weighted by atomic mass is 10.1. The molecule has 1 saturated carbocycles. The molecule has 2 nitrogen and oxygen atoms in total. The van der Waals surface area contributed by atoms with E-state index in [9.17, 15) is 13.9 Å². The van der Waals surface area contributed by atoms with Gasteiger partial charge in [-0.05, 0) is 31.0 Å². The Morgan fingerprint density at radius 1 is 1.40 bits per heavy atom. The van der Waals surface area contributed by atoms with E-state index in [0.717, 1.165) is 0 Å². The summed E-state index contributed by atoms with van der Waals surface area (Å²) in [6, 6.07) is 4.26. The van der Waals surface area contributed by atoms with E-state index >= 15 is 0 Å². The zero-order chi connectivity index (χ0) is 11.1. The van der Waals surface area contributed by atoms with Crippen molar-refractivity contribution in [3.8, 4) is 5.75 Å². The van der Waals surface area contributed by atoms with E-state index in [0.29, 0.717) is 23.4 Å². The summed E-state index contributed by atoms with van der Waals surface area (Å²) in [5.41, 5.74) is -0.690. The fraction of sp³-hybridized carbons (Fsp3) is 0.400. The molecule has 0 atom stereocenters. The molecule has 0 aliphatic heterocycles. The van der Waals surface area contributed by atoms with Crippen molar-refractivity contribution in [2.24, 2.45) is 0 Å². The molecule has 1 fully saturated rings. The van der Waals surface area contributed by atoms with Gasteiger partial charge < -0.3 is 9.84 Å². The van der Waals surface area contributed by atoms with Gasteiger partial charge in [0.2, 0.25) is 0 Å². The highest BCUT2D eigenvalue weighted by atomic mass is 35.5. The van der Waals surface area contributed by atoms with Gasteiger partial charge >= 0.3 is 6.61 Å². The molecule has 0 aromatic heterocycles. The molecule has 0 heterocycles. The predicted octanol–water partition coefficient (Wildman–Crippen LogP) is 2.92. The topological polar surface area (TPSA) is 29.5 Å². The summed E-state index contributed by atoms with van der Waals surface area (Å²) < 4.78 is 28.5. The zero-order valence-corrected chi connectivity index (χ0v) is 8.47. The minimum Gasteiger partial charge on any atom is -0.434 e.